The van der Waals surface area contributed by atoms with Gasteiger partial charge in [-0.25, -0.2) is 0 Å². The molecule has 104 valence electrons. The first-order valence-corrected chi connectivity index (χ1v) is 5.88. The number of alkyl halides is 3. The van der Waals surface area contributed by atoms with Gasteiger partial charge in [-0.1, -0.05) is 5.92 Å². The highest BCUT2D eigenvalue weighted by Gasteiger charge is 2.39. The summed E-state index contributed by atoms with van der Waals surface area (Å²) in [7, 11) is 0. The van der Waals surface area contributed by atoms with E-state index in [-0.39, 0.29) is 6.54 Å². The smallest absolute Gasteiger partial charge is 0.305 e. The number of hydrogen-bond donors (Lipinski definition) is 1. The van der Waals surface area contributed by atoms with Crippen molar-refractivity contribution in [2.45, 2.75) is 19.3 Å². The summed E-state index contributed by atoms with van der Waals surface area (Å²) >= 11 is 0. The van der Waals surface area contributed by atoms with Gasteiger partial charge >= 0.3 is 6.18 Å². The van der Waals surface area contributed by atoms with E-state index < -0.39 is 12.0 Å². The van der Waals surface area contributed by atoms with Gasteiger partial charge in [-0.2, -0.15) is 13.2 Å². The highest BCUT2D eigenvalue weighted by Crippen LogP contribution is 2.29. The van der Waals surface area contributed by atoms with Gasteiger partial charge in [0.1, 0.15) is 5.82 Å². The molecule has 19 heavy (non-hydrogen) atoms. The van der Waals surface area contributed by atoms with Crippen LogP contribution in [0.5, 0.6) is 0 Å². The van der Waals surface area contributed by atoms with Crippen molar-refractivity contribution < 1.29 is 13.2 Å². The maximum atomic E-state index is 12.6. The van der Waals surface area contributed by atoms with Gasteiger partial charge in [-0.3, -0.25) is 4.90 Å². The lowest BCUT2D eigenvalue weighted by molar-refractivity contribution is -0.148. The molecule has 0 unspecified atom stereocenters. The Balaban J connectivity index is 1.94. The van der Waals surface area contributed by atoms with Crippen LogP contribution in [0, 0.1) is 12.3 Å². The molecule has 0 amide bonds. The van der Waals surface area contributed by atoms with Crippen LogP contribution >= 0.6 is 0 Å². The topological polar surface area (TPSA) is 46.0 Å². The fourth-order valence-corrected chi connectivity index (χ4v) is 2.01. The molecule has 5 nitrogen and oxygen atoms in total. The summed E-state index contributed by atoms with van der Waals surface area (Å²) in [5.74, 6) is 1.91. The molecule has 0 atom stereocenters. The molecule has 0 bridgehead atoms. The van der Waals surface area contributed by atoms with Gasteiger partial charge in [-0.15, -0.1) is 16.6 Å². The highest BCUT2D eigenvalue weighted by molar-refractivity contribution is 5.02. The number of rotatable bonds is 4. The first-order valence-electron chi connectivity index (χ1n) is 5.88. The molecule has 1 aliphatic rings. The molecule has 0 saturated heterocycles. The van der Waals surface area contributed by atoms with Crippen LogP contribution in [0.2, 0.25) is 0 Å². The minimum Gasteiger partial charge on any atom is -0.305 e. The van der Waals surface area contributed by atoms with Crippen LogP contribution in [-0.2, 0) is 19.3 Å². The second-order valence-electron chi connectivity index (χ2n) is 4.25. The second-order valence-corrected chi connectivity index (χ2v) is 4.25. The van der Waals surface area contributed by atoms with Crippen LogP contribution in [0.15, 0.2) is 0 Å². The van der Waals surface area contributed by atoms with E-state index in [0.29, 0.717) is 32.0 Å². The fraction of sp³-hybridized carbons (Fsp3) is 0.636. The summed E-state index contributed by atoms with van der Waals surface area (Å²) in [6.45, 7) is 3.08. The molecule has 1 N–H and O–H groups in total. The van der Waals surface area contributed by atoms with Gasteiger partial charge in [-0.05, 0) is 0 Å². The quantitative estimate of drug-likeness (QED) is 0.634. The molecule has 2 rings (SSSR count). The number of nitrogens with zero attached hydrogens (tertiary/aromatic N) is 4. The van der Waals surface area contributed by atoms with Crippen LogP contribution in [0.1, 0.15) is 11.6 Å². The lowest BCUT2D eigenvalue weighted by Crippen LogP contribution is -2.39. The van der Waals surface area contributed by atoms with Crippen molar-refractivity contribution in [3.05, 3.63) is 11.6 Å². The van der Waals surface area contributed by atoms with E-state index in [1.54, 1.807) is 0 Å². The third-order valence-electron chi connectivity index (χ3n) is 2.92. The number of fused-ring (bicyclic) bond motifs is 1. The van der Waals surface area contributed by atoms with Crippen molar-refractivity contribution in [2.75, 3.05) is 26.2 Å². The van der Waals surface area contributed by atoms with E-state index in [9.17, 15) is 13.2 Å². The van der Waals surface area contributed by atoms with Gasteiger partial charge in [0.25, 0.3) is 0 Å². The molecule has 1 aromatic heterocycles. The lowest BCUT2D eigenvalue weighted by atomic mass is 10.3. The molecule has 0 aromatic carbocycles. The molecule has 1 aromatic rings. The lowest BCUT2D eigenvalue weighted by Gasteiger charge is -2.27. The van der Waals surface area contributed by atoms with Crippen LogP contribution < -0.4 is 5.32 Å². The van der Waals surface area contributed by atoms with Gasteiger partial charge in [0.05, 0.1) is 13.1 Å². The minimum absolute atomic E-state index is 0.256. The molecule has 0 saturated carbocycles. The summed E-state index contributed by atoms with van der Waals surface area (Å²) in [4.78, 5) is 2.02. The number of halogens is 3. The summed E-state index contributed by atoms with van der Waals surface area (Å²) < 4.78 is 39.0. The molecule has 0 fully saturated rings. The number of hydrogen-bond acceptors (Lipinski definition) is 4. The number of terminal acetylenes is 1. The van der Waals surface area contributed by atoms with Crippen LogP contribution in [-0.4, -0.2) is 45.8 Å². The monoisotopic (exact) mass is 273 g/mol. The van der Waals surface area contributed by atoms with Crippen LogP contribution in [0.4, 0.5) is 13.2 Å². The third kappa shape index (κ3) is 3.24. The zero-order valence-electron chi connectivity index (χ0n) is 10.2. The average molecular weight is 273 g/mol. The van der Waals surface area contributed by atoms with Crippen molar-refractivity contribution in [3.63, 3.8) is 0 Å². The van der Waals surface area contributed by atoms with Crippen molar-refractivity contribution in [3.8, 4) is 12.3 Å². The first kappa shape index (κ1) is 13.8. The van der Waals surface area contributed by atoms with E-state index in [1.807, 2.05) is 4.90 Å². The van der Waals surface area contributed by atoms with E-state index in [1.165, 1.54) is 0 Å². The average Bonchev–Trinajstić information content (AvgIpc) is 2.77. The maximum absolute atomic E-state index is 12.6. The Morgan fingerprint density at radius 2 is 2.11 bits per heavy atom. The zero-order valence-corrected chi connectivity index (χ0v) is 10.2. The standard InChI is InChI=1S/C11H14F3N5/c1-2-3-15-4-5-18-6-7-19-9(8-18)16-17-10(19)11(12,13)14/h1,15H,3-8H2. The Morgan fingerprint density at radius 1 is 1.32 bits per heavy atom. The number of nitrogens with one attached hydrogen (secondary N) is 1. The Hall–Kier alpha value is -1.59. The first-order chi connectivity index (χ1) is 9.02. The number of aromatic nitrogens is 3. The van der Waals surface area contributed by atoms with Gasteiger partial charge in [0.15, 0.2) is 0 Å². The fourth-order valence-electron chi connectivity index (χ4n) is 2.01. The third-order valence-corrected chi connectivity index (χ3v) is 2.92. The van der Waals surface area contributed by atoms with E-state index in [0.717, 1.165) is 11.1 Å². The van der Waals surface area contributed by atoms with E-state index >= 15 is 0 Å². The molecule has 0 aliphatic carbocycles. The van der Waals surface area contributed by atoms with Gasteiger partial charge in [0.2, 0.25) is 5.82 Å². The largest absolute Gasteiger partial charge is 0.451 e. The normalized spacial score (nSPS) is 16.1. The Labute approximate surface area is 108 Å². The van der Waals surface area contributed by atoms with Gasteiger partial charge in [0, 0.05) is 26.2 Å². The summed E-state index contributed by atoms with van der Waals surface area (Å²) in [5, 5.41) is 9.88. The predicted molar refractivity (Wildman–Crippen MR) is 62.0 cm³/mol. The van der Waals surface area contributed by atoms with Crippen molar-refractivity contribution in [2.24, 2.45) is 0 Å². The highest BCUT2D eigenvalue weighted by atomic mass is 19.4. The zero-order chi connectivity index (χ0) is 13.9. The molecule has 1 aliphatic heterocycles. The van der Waals surface area contributed by atoms with Crippen molar-refractivity contribution in [1.82, 2.24) is 25.0 Å². The minimum atomic E-state index is -4.44. The Morgan fingerprint density at radius 3 is 2.79 bits per heavy atom. The molecule has 2 heterocycles. The van der Waals surface area contributed by atoms with Crippen molar-refractivity contribution >= 4 is 0 Å². The second kappa shape index (κ2) is 5.59. The summed E-state index contributed by atoms with van der Waals surface area (Å²) in [5.41, 5.74) is 0. The maximum Gasteiger partial charge on any atom is 0.451 e. The molecular formula is C11H14F3N5. The van der Waals surface area contributed by atoms with Gasteiger partial charge < -0.3 is 9.88 Å². The Bertz CT molecular complexity index is 474. The van der Waals surface area contributed by atoms with E-state index in [2.05, 4.69) is 21.4 Å². The molecule has 8 heteroatoms. The SMILES string of the molecule is C#CCNCCN1CCn2c(nnc2C(F)(F)F)C1. The Kier molecular flexibility index (Phi) is 4.07. The summed E-state index contributed by atoms with van der Waals surface area (Å²) in [6, 6.07) is 0. The van der Waals surface area contributed by atoms with Crippen molar-refractivity contribution in [1.29, 1.82) is 0 Å². The molecule has 0 spiro atoms. The van der Waals surface area contributed by atoms with Crippen LogP contribution in [0.25, 0.3) is 0 Å². The van der Waals surface area contributed by atoms with E-state index in [4.69, 9.17) is 6.42 Å². The predicted octanol–water partition coefficient (Wildman–Crippen LogP) is 0.335. The van der Waals surface area contributed by atoms with Crippen LogP contribution in [0.3, 0.4) is 0 Å². The molecule has 0 radical (unpaired) electrons. The summed E-state index contributed by atoms with van der Waals surface area (Å²) in [6.07, 6.45) is 0.658. The molecular weight excluding hydrogens is 259 g/mol.